The van der Waals surface area contributed by atoms with Crippen LogP contribution in [0.3, 0.4) is 0 Å². The molecule has 1 saturated heterocycles. The van der Waals surface area contributed by atoms with Crippen molar-refractivity contribution in [1.29, 1.82) is 0 Å². The van der Waals surface area contributed by atoms with E-state index in [-0.39, 0.29) is 51.0 Å². The summed E-state index contributed by atoms with van der Waals surface area (Å²) in [6.45, 7) is 2.34. The molecule has 29 heavy (non-hydrogen) atoms. The van der Waals surface area contributed by atoms with Crippen LogP contribution in [0.2, 0.25) is 18.1 Å². The first-order valence-corrected chi connectivity index (χ1v) is 12.9. The molecule has 4 heteroatoms. The summed E-state index contributed by atoms with van der Waals surface area (Å²) in [7, 11) is -1.16. The van der Waals surface area contributed by atoms with Gasteiger partial charge in [-0.1, -0.05) is 74.1 Å². The van der Waals surface area contributed by atoms with Crippen molar-refractivity contribution in [2.24, 2.45) is 0 Å². The van der Waals surface area contributed by atoms with Gasteiger partial charge in [-0.2, -0.15) is 30.3 Å². The first-order chi connectivity index (χ1) is 12.9. The maximum atomic E-state index is 3.63. The van der Waals surface area contributed by atoms with Crippen molar-refractivity contribution in [2.45, 2.75) is 56.3 Å². The number of unbranched alkanes of at least 4 members (excludes halogenated alkanes) is 1. The molecule has 0 N–H and O–H groups in total. The van der Waals surface area contributed by atoms with Gasteiger partial charge in [-0.05, 0) is 11.1 Å². The first kappa shape index (κ1) is 26.6. The standard InChI is InChI=1S/C20H23Si.C5H5.2ClH.Zr/c1-2-3-13-21(14-8-15-21)20-18-11-6-4-9-16(18)17-10-5-7-12-19(17)20;1-2-4-5-3-1;;;/h4-7,9-11,20H,2-3,8,13-15H2,1H3;1-3H,4H2;2*1H;/q2*-1;;;+4/p-2. The minimum Gasteiger partial charge on any atom is -1.00 e. The van der Waals surface area contributed by atoms with Crippen molar-refractivity contribution < 1.29 is 51.0 Å². The van der Waals surface area contributed by atoms with E-state index in [1.54, 1.807) is 5.56 Å². The number of allylic oxidation sites excluding steroid dienone is 4. The molecular weight excluding hydrogens is 490 g/mol. The van der Waals surface area contributed by atoms with Gasteiger partial charge >= 0.3 is 26.2 Å². The van der Waals surface area contributed by atoms with Crippen LogP contribution in [-0.4, -0.2) is 8.07 Å². The Morgan fingerprint density at radius 3 is 2.38 bits per heavy atom. The second kappa shape index (κ2) is 12.5. The van der Waals surface area contributed by atoms with Gasteiger partial charge in [0.15, 0.2) is 0 Å². The number of hydrogen-bond donors (Lipinski definition) is 0. The Balaban J connectivity index is 0.000000465. The van der Waals surface area contributed by atoms with E-state index in [0.29, 0.717) is 0 Å². The minimum absolute atomic E-state index is 0. The number of rotatable bonds is 4. The molecule has 1 aliphatic heterocycles. The largest absolute Gasteiger partial charge is 4.00 e. The van der Waals surface area contributed by atoms with Crippen molar-refractivity contribution in [1.82, 2.24) is 0 Å². The summed E-state index contributed by atoms with van der Waals surface area (Å²) in [4.78, 5) is 0. The zero-order valence-electron chi connectivity index (χ0n) is 17.1. The molecule has 1 unspecified atom stereocenters. The summed E-state index contributed by atoms with van der Waals surface area (Å²) >= 11 is 0. The van der Waals surface area contributed by atoms with E-state index < -0.39 is 8.07 Å². The Morgan fingerprint density at radius 1 is 1.03 bits per heavy atom. The van der Waals surface area contributed by atoms with E-state index in [4.69, 9.17) is 0 Å². The molecule has 2 aliphatic carbocycles. The molecule has 1 fully saturated rings. The van der Waals surface area contributed by atoms with Crippen LogP contribution in [0.1, 0.15) is 49.3 Å². The Morgan fingerprint density at radius 2 is 1.79 bits per heavy atom. The molecule has 0 spiro atoms. The van der Waals surface area contributed by atoms with Gasteiger partial charge in [0.05, 0.1) is 8.07 Å². The topological polar surface area (TPSA) is 0 Å². The smallest absolute Gasteiger partial charge is 1.00 e. The van der Waals surface area contributed by atoms with Crippen molar-refractivity contribution >= 4 is 8.07 Å². The summed E-state index contributed by atoms with van der Waals surface area (Å²) in [5.41, 5.74) is 6.83. The second-order valence-electron chi connectivity index (χ2n) is 7.84. The Hall–Kier alpha value is -0.400. The third-order valence-electron chi connectivity index (χ3n) is 6.31. The van der Waals surface area contributed by atoms with Crippen LogP contribution in [0.15, 0.2) is 60.7 Å². The Kier molecular flexibility index (Phi) is 11.4. The summed E-state index contributed by atoms with van der Waals surface area (Å²) in [5, 5.41) is 0. The number of benzene rings is 2. The van der Waals surface area contributed by atoms with Crippen molar-refractivity contribution in [3.8, 4) is 11.1 Å². The summed E-state index contributed by atoms with van der Waals surface area (Å²) in [5.74, 6) is 0. The van der Waals surface area contributed by atoms with Crippen LogP contribution in [0.25, 0.3) is 11.1 Å². The Labute approximate surface area is 209 Å². The maximum absolute atomic E-state index is 3.63. The van der Waals surface area contributed by atoms with Crippen molar-refractivity contribution in [2.75, 3.05) is 0 Å². The minimum atomic E-state index is -1.16. The molecule has 0 amide bonds. The predicted octanol–water partition coefficient (Wildman–Crippen LogP) is 1.10. The molecule has 2 aromatic rings. The quantitative estimate of drug-likeness (QED) is 0.420. The van der Waals surface area contributed by atoms with Gasteiger partial charge in [-0.15, -0.1) is 17.5 Å². The molecule has 3 aliphatic rings. The SMILES string of the molecule is CCCC[Si]1(C2c3[c-]cccc3-c3ccccc32)CCC1.[C-]1=CC=CC1.[Cl-].[Cl-].[Zr+4]. The van der Waals surface area contributed by atoms with E-state index in [9.17, 15) is 0 Å². The van der Waals surface area contributed by atoms with Gasteiger partial charge in [-0.25, -0.2) is 12.2 Å². The molecule has 2 aromatic carbocycles. The maximum Gasteiger partial charge on any atom is 4.00 e. The van der Waals surface area contributed by atoms with Gasteiger partial charge in [0.1, 0.15) is 0 Å². The molecule has 0 bridgehead atoms. The number of halogens is 2. The van der Waals surface area contributed by atoms with Gasteiger partial charge in [0.25, 0.3) is 0 Å². The van der Waals surface area contributed by atoms with Crippen LogP contribution < -0.4 is 24.8 Å². The monoisotopic (exact) mass is 516 g/mol. The number of fused-ring (bicyclic) bond motifs is 3. The third-order valence-corrected chi connectivity index (χ3v) is 12.2. The van der Waals surface area contributed by atoms with E-state index in [1.165, 1.54) is 54.1 Å². The molecule has 0 nitrogen and oxygen atoms in total. The van der Waals surface area contributed by atoms with Gasteiger partial charge in [-0.3, -0.25) is 6.08 Å². The zero-order chi connectivity index (χ0) is 17.8. The van der Waals surface area contributed by atoms with E-state index >= 15 is 0 Å². The molecule has 150 valence electrons. The van der Waals surface area contributed by atoms with E-state index in [0.717, 1.165) is 12.0 Å². The normalized spacial score (nSPS) is 18.6. The first-order valence-electron chi connectivity index (χ1n) is 10.2. The van der Waals surface area contributed by atoms with Crippen LogP contribution in [0, 0.1) is 12.1 Å². The summed E-state index contributed by atoms with van der Waals surface area (Å²) in [6, 6.07) is 24.0. The molecule has 1 atom stereocenters. The fourth-order valence-corrected chi connectivity index (χ4v) is 10.3. The Bertz CT molecular complexity index is 772. The fraction of sp³-hybridized carbons (Fsp3) is 0.360. The summed E-state index contributed by atoms with van der Waals surface area (Å²) < 4.78 is 0. The van der Waals surface area contributed by atoms with Crippen LogP contribution in [0.4, 0.5) is 0 Å². The third kappa shape index (κ3) is 5.45. The van der Waals surface area contributed by atoms with Crippen molar-refractivity contribution in [3.05, 3.63) is 84.0 Å². The average Bonchev–Trinajstić information content (AvgIpc) is 3.32. The molecule has 5 rings (SSSR count). The van der Waals surface area contributed by atoms with Crippen LogP contribution >= 0.6 is 0 Å². The van der Waals surface area contributed by atoms with Crippen molar-refractivity contribution in [3.63, 3.8) is 0 Å². The molecule has 1 heterocycles. The predicted molar refractivity (Wildman–Crippen MR) is 114 cm³/mol. The molecular formula is C25H28Cl2SiZr. The molecule has 0 saturated carbocycles. The summed E-state index contributed by atoms with van der Waals surface area (Å²) in [6.07, 6.45) is 14.2. The fourth-order valence-electron chi connectivity index (χ4n) is 4.89. The van der Waals surface area contributed by atoms with E-state index in [1.807, 2.05) is 12.2 Å². The number of hydrogen-bond acceptors (Lipinski definition) is 0. The second-order valence-corrected chi connectivity index (χ2v) is 12.6. The molecule has 0 radical (unpaired) electrons. The van der Waals surface area contributed by atoms with Gasteiger partial charge in [0, 0.05) is 0 Å². The average molecular weight is 519 g/mol. The van der Waals surface area contributed by atoms with E-state index in [2.05, 4.69) is 67.6 Å². The zero-order valence-corrected chi connectivity index (χ0v) is 22.0. The van der Waals surface area contributed by atoms with Gasteiger partial charge < -0.3 is 24.8 Å². The van der Waals surface area contributed by atoms with Crippen LogP contribution in [-0.2, 0) is 26.2 Å². The van der Waals surface area contributed by atoms with Gasteiger partial charge in [0.2, 0.25) is 0 Å². The molecule has 0 aromatic heterocycles. The van der Waals surface area contributed by atoms with Crippen LogP contribution in [0.5, 0.6) is 0 Å².